The molecule has 1 unspecified atom stereocenters. The van der Waals surface area contributed by atoms with Crippen molar-refractivity contribution in [3.05, 3.63) is 11.3 Å². The number of aromatic nitrogens is 2. The van der Waals surface area contributed by atoms with Gasteiger partial charge in [-0.1, -0.05) is 0 Å². The van der Waals surface area contributed by atoms with Gasteiger partial charge in [0.1, 0.15) is 0 Å². The Bertz CT molecular complexity index is 566. The van der Waals surface area contributed by atoms with E-state index in [0.717, 1.165) is 25.1 Å². The number of rotatable bonds is 5. The molecule has 20 heavy (non-hydrogen) atoms. The van der Waals surface area contributed by atoms with E-state index >= 15 is 0 Å². The van der Waals surface area contributed by atoms with E-state index in [9.17, 15) is 8.42 Å². The molecule has 1 aliphatic rings. The highest BCUT2D eigenvalue weighted by Gasteiger charge is 2.38. The fourth-order valence-electron chi connectivity index (χ4n) is 2.72. The molecule has 114 valence electrons. The van der Waals surface area contributed by atoms with Crippen molar-refractivity contribution in [2.24, 2.45) is 5.73 Å². The summed E-state index contributed by atoms with van der Waals surface area (Å²) in [6.45, 7) is 3.23. The number of hydrogen-bond donors (Lipinski definition) is 2. The molecule has 0 bridgehead atoms. The molecule has 3 N–H and O–H groups in total. The van der Waals surface area contributed by atoms with Crippen molar-refractivity contribution < 1.29 is 8.42 Å². The molecule has 0 amide bonds. The van der Waals surface area contributed by atoms with Crippen molar-refractivity contribution in [3.63, 3.8) is 0 Å². The zero-order chi connectivity index (χ0) is 14.9. The summed E-state index contributed by atoms with van der Waals surface area (Å²) in [6.07, 6.45) is 1.78. The lowest BCUT2D eigenvalue weighted by Crippen LogP contribution is -2.41. The lowest BCUT2D eigenvalue weighted by atomic mass is 10.2. The highest BCUT2D eigenvalue weighted by atomic mass is 32.2. The van der Waals surface area contributed by atoms with Gasteiger partial charge in [0.05, 0.1) is 0 Å². The molecule has 2 heterocycles. The fourth-order valence-corrected chi connectivity index (χ4v) is 4.59. The number of nitrogens with one attached hydrogen (secondary N) is 1. The van der Waals surface area contributed by atoms with Gasteiger partial charge >= 0.3 is 0 Å². The minimum Gasteiger partial charge on any atom is -0.326 e. The Balaban J connectivity index is 2.34. The number of nitrogens with two attached hydrogens (primary N) is 1. The lowest BCUT2D eigenvalue weighted by molar-refractivity contribution is 0.290. The van der Waals surface area contributed by atoms with Crippen LogP contribution in [-0.2, 0) is 16.6 Å². The van der Waals surface area contributed by atoms with Crippen molar-refractivity contribution in [2.75, 3.05) is 27.2 Å². The molecule has 0 aromatic carbocycles. The minimum atomic E-state index is -3.57. The minimum absolute atomic E-state index is 0.0117. The summed E-state index contributed by atoms with van der Waals surface area (Å²) in [5.41, 5.74) is 6.96. The first-order chi connectivity index (χ1) is 9.37. The van der Waals surface area contributed by atoms with E-state index < -0.39 is 10.0 Å². The van der Waals surface area contributed by atoms with Gasteiger partial charge < -0.3 is 10.6 Å². The molecule has 1 atom stereocenters. The van der Waals surface area contributed by atoms with Crippen molar-refractivity contribution in [1.82, 2.24) is 19.4 Å². The van der Waals surface area contributed by atoms with E-state index in [0.29, 0.717) is 12.1 Å². The van der Waals surface area contributed by atoms with Crippen LogP contribution in [0.3, 0.4) is 0 Å². The molecular formula is C12H23N5O2S. The summed E-state index contributed by atoms with van der Waals surface area (Å²) < 4.78 is 27.1. The third-order valence-electron chi connectivity index (χ3n) is 3.69. The number of likely N-dealkylation sites (N-methyl/N-ethyl adjacent to an activating group) is 1. The normalized spacial score (nSPS) is 20.9. The van der Waals surface area contributed by atoms with E-state index in [1.54, 1.807) is 11.2 Å². The Morgan fingerprint density at radius 1 is 1.50 bits per heavy atom. The van der Waals surface area contributed by atoms with Gasteiger partial charge in [0, 0.05) is 36.9 Å². The van der Waals surface area contributed by atoms with E-state index in [4.69, 9.17) is 5.73 Å². The van der Waals surface area contributed by atoms with Crippen LogP contribution in [0, 0.1) is 6.92 Å². The number of nitrogens with zero attached hydrogens (tertiary/aromatic N) is 3. The van der Waals surface area contributed by atoms with Crippen molar-refractivity contribution >= 4 is 10.0 Å². The predicted molar refractivity (Wildman–Crippen MR) is 76.7 cm³/mol. The monoisotopic (exact) mass is 301 g/mol. The van der Waals surface area contributed by atoms with Crippen LogP contribution in [0.15, 0.2) is 5.03 Å². The molecule has 1 saturated heterocycles. The lowest BCUT2D eigenvalue weighted by Gasteiger charge is -2.25. The van der Waals surface area contributed by atoms with Gasteiger partial charge in [-0.2, -0.15) is 9.40 Å². The summed E-state index contributed by atoms with van der Waals surface area (Å²) in [7, 11) is 0.332. The van der Waals surface area contributed by atoms with E-state index in [1.165, 1.54) is 0 Å². The first-order valence-corrected chi connectivity index (χ1v) is 8.22. The largest absolute Gasteiger partial charge is 0.326 e. The molecule has 8 heteroatoms. The van der Waals surface area contributed by atoms with Gasteiger partial charge in [-0.05, 0) is 33.9 Å². The molecule has 0 saturated carbocycles. The second kappa shape index (κ2) is 5.80. The third kappa shape index (κ3) is 2.73. The summed E-state index contributed by atoms with van der Waals surface area (Å²) in [4.78, 5) is 2.01. The fraction of sp³-hybridized carbons (Fsp3) is 0.750. The van der Waals surface area contributed by atoms with Crippen LogP contribution in [-0.4, -0.2) is 61.0 Å². The molecule has 1 aliphatic heterocycles. The maximum absolute atomic E-state index is 12.8. The Morgan fingerprint density at radius 3 is 2.80 bits per heavy atom. The van der Waals surface area contributed by atoms with Crippen LogP contribution in [0.4, 0.5) is 0 Å². The van der Waals surface area contributed by atoms with Gasteiger partial charge in [0.2, 0.25) is 0 Å². The van der Waals surface area contributed by atoms with Crippen LogP contribution in [0.5, 0.6) is 0 Å². The summed E-state index contributed by atoms with van der Waals surface area (Å²) >= 11 is 0. The molecule has 0 aliphatic carbocycles. The Labute approximate surface area is 120 Å². The van der Waals surface area contributed by atoms with Crippen LogP contribution in [0.25, 0.3) is 0 Å². The smallest absolute Gasteiger partial charge is 0.263 e. The van der Waals surface area contributed by atoms with Crippen molar-refractivity contribution in [3.8, 4) is 0 Å². The zero-order valence-corrected chi connectivity index (χ0v) is 13.1. The second-order valence-corrected chi connectivity index (χ2v) is 7.32. The highest BCUT2D eigenvalue weighted by molar-refractivity contribution is 7.89. The van der Waals surface area contributed by atoms with E-state index in [1.807, 2.05) is 19.0 Å². The van der Waals surface area contributed by atoms with Crippen LogP contribution >= 0.6 is 0 Å². The number of H-pyrrole nitrogens is 1. The molecule has 0 radical (unpaired) electrons. The third-order valence-corrected chi connectivity index (χ3v) is 5.62. The second-order valence-electron chi connectivity index (χ2n) is 5.51. The molecule has 2 rings (SSSR count). The van der Waals surface area contributed by atoms with Crippen LogP contribution < -0.4 is 5.73 Å². The number of hydrogen-bond acceptors (Lipinski definition) is 5. The number of aromatic amines is 1. The Hall–Kier alpha value is -0.960. The van der Waals surface area contributed by atoms with Gasteiger partial charge in [-0.15, -0.1) is 0 Å². The Morgan fingerprint density at radius 2 is 2.20 bits per heavy atom. The Kier molecular flexibility index (Phi) is 4.48. The topological polar surface area (TPSA) is 95.3 Å². The van der Waals surface area contributed by atoms with Gasteiger partial charge in [0.15, 0.2) is 5.03 Å². The van der Waals surface area contributed by atoms with Gasteiger partial charge in [0.25, 0.3) is 10.0 Å². The van der Waals surface area contributed by atoms with E-state index in [2.05, 4.69) is 10.2 Å². The molecule has 1 fully saturated rings. The molecule has 1 aromatic rings. The van der Waals surface area contributed by atoms with Crippen LogP contribution in [0.1, 0.15) is 24.1 Å². The predicted octanol–water partition coefficient (Wildman–Crippen LogP) is -0.108. The quantitative estimate of drug-likeness (QED) is 0.791. The molecule has 7 nitrogen and oxygen atoms in total. The standard InChI is InChI=1S/C12H23N5O2S/c1-9-11(7-13)12(15-14-9)20(18,19)17-6-4-5-10(17)8-16(2)3/h10H,4-8,13H2,1-3H3,(H,14,15). The van der Waals surface area contributed by atoms with Gasteiger partial charge in [-0.25, -0.2) is 8.42 Å². The average Bonchev–Trinajstić information content (AvgIpc) is 2.95. The molecule has 0 spiro atoms. The van der Waals surface area contributed by atoms with Crippen molar-refractivity contribution in [2.45, 2.75) is 37.4 Å². The summed E-state index contributed by atoms with van der Waals surface area (Å²) in [6, 6.07) is 0.0117. The van der Waals surface area contributed by atoms with E-state index in [-0.39, 0.29) is 17.6 Å². The first kappa shape index (κ1) is 15.4. The van der Waals surface area contributed by atoms with Crippen molar-refractivity contribution in [1.29, 1.82) is 0 Å². The first-order valence-electron chi connectivity index (χ1n) is 6.78. The highest BCUT2D eigenvalue weighted by Crippen LogP contribution is 2.27. The van der Waals surface area contributed by atoms with Gasteiger partial charge in [-0.3, -0.25) is 5.10 Å². The average molecular weight is 301 g/mol. The zero-order valence-electron chi connectivity index (χ0n) is 12.3. The summed E-state index contributed by atoms with van der Waals surface area (Å²) in [5.74, 6) is 0. The van der Waals surface area contributed by atoms with Crippen LogP contribution in [0.2, 0.25) is 0 Å². The summed E-state index contributed by atoms with van der Waals surface area (Å²) in [5, 5.41) is 6.78. The maximum atomic E-state index is 12.8. The molecule has 1 aromatic heterocycles. The number of aryl methyl sites for hydroxylation is 1. The number of sulfonamides is 1. The SMILES string of the molecule is Cc1[nH]nc(S(=O)(=O)N2CCCC2CN(C)C)c1CN. The maximum Gasteiger partial charge on any atom is 0.263 e. The molecular weight excluding hydrogens is 278 g/mol.